The SMILES string of the molecule is C=CSC(C[Si](OC)(OC)OC)SCC. The molecule has 0 radical (unpaired) electrons. The van der Waals surface area contributed by atoms with Crippen molar-refractivity contribution in [1.29, 1.82) is 0 Å². The Balaban J connectivity index is 4.37. The van der Waals surface area contributed by atoms with E-state index < -0.39 is 8.80 Å². The third-order valence-electron chi connectivity index (χ3n) is 1.95. The van der Waals surface area contributed by atoms with Crippen LogP contribution in [0.2, 0.25) is 6.04 Å². The number of thioether (sulfide) groups is 2. The van der Waals surface area contributed by atoms with E-state index in [9.17, 15) is 0 Å². The largest absolute Gasteiger partial charge is 0.502 e. The molecule has 0 N–H and O–H groups in total. The fraction of sp³-hybridized carbons (Fsp3) is 0.778. The zero-order chi connectivity index (χ0) is 11.7. The summed E-state index contributed by atoms with van der Waals surface area (Å²) >= 11 is 3.56. The van der Waals surface area contributed by atoms with Gasteiger partial charge in [-0.1, -0.05) is 13.5 Å². The highest BCUT2D eigenvalue weighted by Gasteiger charge is 2.40. The minimum absolute atomic E-state index is 0.388. The van der Waals surface area contributed by atoms with Gasteiger partial charge in [0.25, 0.3) is 0 Å². The fourth-order valence-electron chi connectivity index (χ4n) is 1.14. The van der Waals surface area contributed by atoms with Gasteiger partial charge >= 0.3 is 8.80 Å². The molecule has 0 saturated carbocycles. The molecule has 0 aromatic carbocycles. The molecule has 1 unspecified atom stereocenters. The summed E-state index contributed by atoms with van der Waals surface area (Å²) in [5.41, 5.74) is 0. The highest BCUT2D eigenvalue weighted by atomic mass is 32.2. The van der Waals surface area contributed by atoms with Crippen LogP contribution in [0.5, 0.6) is 0 Å². The Bertz CT molecular complexity index is 168. The van der Waals surface area contributed by atoms with Crippen molar-refractivity contribution in [2.45, 2.75) is 17.5 Å². The Hall–Kier alpha value is 0.537. The molecular weight excluding hydrogens is 248 g/mol. The first-order valence-corrected chi connectivity index (χ1v) is 8.63. The Labute approximate surface area is 102 Å². The van der Waals surface area contributed by atoms with Crippen LogP contribution in [0.15, 0.2) is 12.0 Å². The Morgan fingerprint density at radius 3 is 2.13 bits per heavy atom. The molecule has 0 amide bonds. The highest BCUT2D eigenvalue weighted by Crippen LogP contribution is 2.32. The standard InChI is InChI=1S/C9H20O3S2Si/c1-6-13-9(14-7-2)8-15(10-3,11-4)12-5/h6,9H,1,7-8H2,2-5H3. The second-order valence-corrected chi connectivity index (χ2v) is 8.64. The monoisotopic (exact) mass is 268 g/mol. The molecule has 1 atom stereocenters. The molecule has 0 heterocycles. The average Bonchev–Trinajstić information content (AvgIpc) is 2.27. The van der Waals surface area contributed by atoms with Crippen LogP contribution in [0.4, 0.5) is 0 Å². The second-order valence-electron chi connectivity index (χ2n) is 2.69. The van der Waals surface area contributed by atoms with E-state index in [1.807, 2.05) is 17.2 Å². The van der Waals surface area contributed by atoms with Crippen LogP contribution in [0.1, 0.15) is 6.92 Å². The van der Waals surface area contributed by atoms with Gasteiger partial charge in [-0.25, -0.2) is 0 Å². The second kappa shape index (κ2) is 8.66. The van der Waals surface area contributed by atoms with Gasteiger partial charge in [-0.2, -0.15) is 0 Å². The zero-order valence-corrected chi connectivity index (χ0v) is 12.5. The lowest BCUT2D eigenvalue weighted by Crippen LogP contribution is -2.44. The Kier molecular flexibility index (Phi) is 8.97. The molecule has 15 heavy (non-hydrogen) atoms. The number of hydrogen-bond acceptors (Lipinski definition) is 5. The van der Waals surface area contributed by atoms with Crippen LogP contribution >= 0.6 is 23.5 Å². The van der Waals surface area contributed by atoms with E-state index in [4.69, 9.17) is 13.3 Å². The molecular formula is C9H20O3S2Si. The maximum Gasteiger partial charge on any atom is 0.502 e. The van der Waals surface area contributed by atoms with Crippen molar-refractivity contribution < 1.29 is 13.3 Å². The van der Waals surface area contributed by atoms with Crippen LogP contribution in [0.25, 0.3) is 0 Å². The number of rotatable bonds is 9. The topological polar surface area (TPSA) is 27.7 Å². The lowest BCUT2D eigenvalue weighted by molar-refractivity contribution is 0.125. The van der Waals surface area contributed by atoms with E-state index in [0.29, 0.717) is 4.58 Å². The van der Waals surface area contributed by atoms with E-state index in [1.165, 1.54) is 0 Å². The first-order chi connectivity index (χ1) is 7.17. The smallest absolute Gasteiger partial charge is 0.377 e. The number of hydrogen-bond donors (Lipinski definition) is 0. The minimum Gasteiger partial charge on any atom is -0.377 e. The molecule has 0 aliphatic heterocycles. The van der Waals surface area contributed by atoms with E-state index in [0.717, 1.165) is 11.8 Å². The molecule has 0 aliphatic rings. The zero-order valence-electron chi connectivity index (χ0n) is 9.82. The Morgan fingerprint density at radius 2 is 1.80 bits per heavy atom. The first-order valence-electron chi connectivity index (χ1n) is 4.71. The normalized spacial score (nSPS) is 13.9. The molecule has 0 aromatic rings. The molecule has 0 spiro atoms. The van der Waals surface area contributed by atoms with Crippen molar-refractivity contribution >= 4 is 32.3 Å². The van der Waals surface area contributed by atoms with Gasteiger partial charge in [-0.3, -0.25) is 0 Å². The molecule has 0 bridgehead atoms. The van der Waals surface area contributed by atoms with Crippen LogP contribution in [-0.2, 0) is 13.3 Å². The van der Waals surface area contributed by atoms with Crippen molar-refractivity contribution in [3.8, 4) is 0 Å². The quantitative estimate of drug-likeness (QED) is 0.473. The van der Waals surface area contributed by atoms with Gasteiger partial charge in [0.1, 0.15) is 0 Å². The predicted molar refractivity (Wildman–Crippen MR) is 71.3 cm³/mol. The summed E-state index contributed by atoms with van der Waals surface area (Å²) in [7, 11) is 2.49. The molecule has 3 nitrogen and oxygen atoms in total. The molecule has 90 valence electrons. The molecule has 0 rings (SSSR count). The van der Waals surface area contributed by atoms with E-state index >= 15 is 0 Å². The fourth-order valence-corrected chi connectivity index (χ4v) is 6.18. The third kappa shape index (κ3) is 5.42. The van der Waals surface area contributed by atoms with Gasteiger partial charge in [0.15, 0.2) is 0 Å². The lowest BCUT2D eigenvalue weighted by Gasteiger charge is -2.27. The van der Waals surface area contributed by atoms with Crippen LogP contribution < -0.4 is 0 Å². The lowest BCUT2D eigenvalue weighted by atomic mass is 10.9. The molecule has 6 heteroatoms. The van der Waals surface area contributed by atoms with E-state index in [1.54, 1.807) is 33.1 Å². The highest BCUT2D eigenvalue weighted by molar-refractivity contribution is 8.18. The van der Waals surface area contributed by atoms with Crippen LogP contribution in [0.3, 0.4) is 0 Å². The minimum atomic E-state index is -2.44. The maximum atomic E-state index is 5.39. The van der Waals surface area contributed by atoms with E-state index in [2.05, 4.69) is 13.5 Å². The van der Waals surface area contributed by atoms with Crippen molar-refractivity contribution in [2.24, 2.45) is 0 Å². The predicted octanol–water partition coefficient (Wildman–Crippen LogP) is 2.82. The van der Waals surface area contributed by atoms with Crippen molar-refractivity contribution in [2.75, 3.05) is 27.1 Å². The summed E-state index contributed by atoms with van der Waals surface area (Å²) in [6, 6.07) is 0.797. The van der Waals surface area contributed by atoms with E-state index in [-0.39, 0.29) is 0 Å². The van der Waals surface area contributed by atoms with Crippen LogP contribution in [0, 0.1) is 0 Å². The Morgan fingerprint density at radius 1 is 1.27 bits per heavy atom. The van der Waals surface area contributed by atoms with Gasteiger partial charge < -0.3 is 13.3 Å². The summed E-state index contributed by atoms with van der Waals surface area (Å²) in [6.45, 7) is 5.87. The molecule has 0 aliphatic carbocycles. The van der Waals surface area contributed by atoms with Gasteiger partial charge in [-0.05, 0) is 11.2 Å². The van der Waals surface area contributed by atoms with Crippen molar-refractivity contribution in [3.63, 3.8) is 0 Å². The summed E-state index contributed by atoms with van der Waals surface area (Å²) in [5, 5.41) is 1.85. The summed E-state index contributed by atoms with van der Waals surface area (Å²) in [6.07, 6.45) is 0. The average molecular weight is 268 g/mol. The first kappa shape index (κ1) is 15.5. The van der Waals surface area contributed by atoms with Crippen molar-refractivity contribution in [3.05, 3.63) is 12.0 Å². The molecule has 0 aromatic heterocycles. The van der Waals surface area contributed by atoms with Gasteiger partial charge in [0.05, 0.1) is 4.58 Å². The summed E-state index contributed by atoms with van der Waals surface area (Å²) < 4.78 is 16.6. The summed E-state index contributed by atoms with van der Waals surface area (Å²) in [5.74, 6) is 1.06. The summed E-state index contributed by atoms with van der Waals surface area (Å²) in [4.78, 5) is 0. The third-order valence-corrected chi connectivity index (χ3v) is 7.59. The van der Waals surface area contributed by atoms with Gasteiger partial charge in [0.2, 0.25) is 0 Å². The molecule has 0 fully saturated rings. The molecule has 0 saturated heterocycles. The van der Waals surface area contributed by atoms with Crippen LogP contribution in [-0.4, -0.2) is 40.5 Å². The van der Waals surface area contributed by atoms with Crippen molar-refractivity contribution in [1.82, 2.24) is 0 Å². The van der Waals surface area contributed by atoms with Gasteiger partial charge in [0, 0.05) is 27.4 Å². The van der Waals surface area contributed by atoms with Gasteiger partial charge in [-0.15, -0.1) is 23.5 Å². The maximum absolute atomic E-state index is 5.39.